The molecule has 0 aliphatic carbocycles. The van der Waals surface area contributed by atoms with Gasteiger partial charge >= 0.3 is 0 Å². The lowest BCUT2D eigenvalue weighted by Crippen LogP contribution is -2.03. The summed E-state index contributed by atoms with van der Waals surface area (Å²) in [5.41, 5.74) is 5.03. The van der Waals surface area contributed by atoms with Crippen LogP contribution >= 0.6 is 0 Å². The van der Waals surface area contributed by atoms with Gasteiger partial charge in [-0.2, -0.15) is 15.8 Å². The van der Waals surface area contributed by atoms with Crippen molar-refractivity contribution >= 4 is 11.8 Å². The topological polar surface area (TPSA) is 141 Å². The highest BCUT2D eigenvalue weighted by atomic mass is 16.6. The quantitative estimate of drug-likeness (QED) is 0.382. The van der Waals surface area contributed by atoms with Crippen molar-refractivity contribution in [3.05, 3.63) is 56.8 Å². The summed E-state index contributed by atoms with van der Waals surface area (Å²) in [6, 6.07) is 10.5. The molecule has 7 nitrogen and oxygen atoms in total. The van der Waals surface area contributed by atoms with Gasteiger partial charge in [0, 0.05) is 12.1 Å². The highest BCUT2D eigenvalue weighted by Gasteiger charge is 2.09. The molecule has 0 radical (unpaired) electrons. The average Bonchev–Trinajstić information content (AvgIpc) is 2.46. The first-order chi connectivity index (χ1) is 9.53. The van der Waals surface area contributed by atoms with Crippen LogP contribution in [0.5, 0.6) is 0 Å². The molecule has 0 heterocycles. The van der Waals surface area contributed by atoms with Crippen LogP contribution in [-0.2, 0) is 0 Å². The fourth-order valence-electron chi connectivity index (χ4n) is 1.35. The Morgan fingerprint density at radius 1 is 1.25 bits per heavy atom. The third kappa shape index (κ3) is 3.19. The van der Waals surface area contributed by atoms with E-state index in [0.29, 0.717) is 5.56 Å². The molecule has 0 unspecified atom stereocenters. The molecule has 2 N–H and O–H groups in total. The van der Waals surface area contributed by atoms with Gasteiger partial charge in [-0.25, -0.2) is 0 Å². The number of hydrogen-bond acceptors (Lipinski definition) is 6. The SMILES string of the molecule is N#CC(=Cc1cccc([N+](=O)[O-])c1)C(N)=C(C#N)C#N. The first-order valence-electron chi connectivity index (χ1n) is 5.20. The Bertz CT molecular complexity index is 725. The largest absolute Gasteiger partial charge is 0.396 e. The maximum Gasteiger partial charge on any atom is 0.270 e. The highest BCUT2D eigenvalue weighted by Crippen LogP contribution is 2.18. The molecule has 1 aromatic rings. The summed E-state index contributed by atoms with van der Waals surface area (Å²) in [4.78, 5) is 10.1. The maximum absolute atomic E-state index is 10.6. The molecule has 1 aromatic carbocycles. The lowest BCUT2D eigenvalue weighted by Gasteiger charge is -1.99. The molecule has 0 amide bonds. The number of nitrogens with zero attached hydrogens (tertiary/aromatic N) is 4. The smallest absolute Gasteiger partial charge is 0.270 e. The third-order valence-electron chi connectivity index (χ3n) is 2.30. The number of nitrogens with two attached hydrogens (primary N) is 1. The zero-order valence-electron chi connectivity index (χ0n) is 10.1. The number of nitro groups is 1. The van der Waals surface area contributed by atoms with Crippen LogP contribution < -0.4 is 5.73 Å². The summed E-state index contributed by atoms with van der Waals surface area (Å²) in [6.07, 6.45) is 1.27. The van der Waals surface area contributed by atoms with Crippen LogP contribution in [0.25, 0.3) is 6.08 Å². The van der Waals surface area contributed by atoms with Crippen LogP contribution in [0.2, 0.25) is 0 Å². The minimum Gasteiger partial charge on any atom is -0.396 e. The Balaban J connectivity index is 3.35. The molecule has 1 rings (SSSR count). The summed E-state index contributed by atoms with van der Waals surface area (Å²) in [5.74, 6) is 0. The van der Waals surface area contributed by atoms with Gasteiger partial charge in [-0.15, -0.1) is 0 Å². The molecule has 0 saturated heterocycles. The maximum atomic E-state index is 10.6. The van der Waals surface area contributed by atoms with Crippen molar-refractivity contribution in [2.24, 2.45) is 5.73 Å². The highest BCUT2D eigenvalue weighted by molar-refractivity contribution is 5.67. The van der Waals surface area contributed by atoms with Crippen LogP contribution in [0.15, 0.2) is 41.1 Å². The lowest BCUT2D eigenvalue weighted by molar-refractivity contribution is -0.384. The molecule has 0 aliphatic rings. The van der Waals surface area contributed by atoms with Gasteiger partial charge in [0.05, 0.1) is 16.2 Å². The van der Waals surface area contributed by atoms with E-state index in [-0.39, 0.29) is 22.5 Å². The van der Waals surface area contributed by atoms with E-state index in [2.05, 4.69) is 0 Å². The summed E-state index contributed by atoms with van der Waals surface area (Å²) < 4.78 is 0. The van der Waals surface area contributed by atoms with E-state index < -0.39 is 4.92 Å². The molecule has 7 heteroatoms. The molecule has 20 heavy (non-hydrogen) atoms. The van der Waals surface area contributed by atoms with Crippen LogP contribution in [0, 0.1) is 44.1 Å². The normalized spacial score (nSPS) is 9.75. The van der Waals surface area contributed by atoms with Crippen molar-refractivity contribution in [2.45, 2.75) is 0 Å². The molecule has 0 spiro atoms. The van der Waals surface area contributed by atoms with E-state index in [1.165, 1.54) is 30.3 Å². The second-order valence-corrected chi connectivity index (χ2v) is 3.53. The number of non-ortho nitro benzene ring substituents is 1. The van der Waals surface area contributed by atoms with Crippen molar-refractivity contribution in [3.63, 3.8) is 0 Å². The van der Waals surface area contributed by atoms with Crippen molar-refractivity contribution in [1.29, 1.82) is 15.8 Å². The van der Waals surface area contributed by atoms with Gasteiger partial charge in [0.2, 0.25) is 0 Å². The Morgan fingerprint density at radius 3 is 2.40 bits per heavy atom. The van der Waals surface area contributed by atoms with Crippen molar-refractivity contribution in [1.82, 2.24) is 0 Å². The zero-order valence-corrected chi connectivity index (χ0v) is 10.1. The molecule has 0 saturated carbocycles. The predicted molar refractivity (Wildman–Crippen MR) is 69.1 cm³/mol. The summed E-state index contributed by atoms with van der Waals surface area (Å²) >= 11 is 0. The number of allylic oxidation sites excluding steroid dienone is 2. The second-order valence-electron chi connectivity index (χ2n) is 3.53. The van der Waals surface area contributed by atoms with E-state index in [1.54, 1.807) is 18.2 Å². The van der Waals surface area contributed by atoms with Gasteiger partial charge in [-0.05, 0) is 11.6 Å². The minimum absolute atomic E-state index is 0.108. The van der Waals surface area contributed by atoms with E-state index in [9.17, 15) is 10.1 Å². The fourth-order valence-corrected chi connectivity index (χ4v) is 1.35. The first kappa shape index (κ1) is 14.4. The Morgan fingerprint density at radius 2 is 1.90 bits per heavy atom. The molecule has 0 atom stereocenters. The number of nitro benzene ring substituents is 1. The fraction of sp³-hybridized carbons (Fsp3) is 0. The van der Waals surface area contributed by atoms with Gasteiger partial charge in [0.15, 0.2) is 5.57 Å². The van der Waals surface area contributed by atoms with Crippen molar-refractivity contribution < 1.29 is 4.92 Å². The molecule has 0 aliphatic heterocycles. The van der Waals surface area contributed by atoms with Crippen LogP contribution in [-0.4, -0.2) is 4.92 Å². The second kappa shape index (κ2) is 6.34. The summed E-state index contributed by atoms with van der Waals surface area (Å²) in [6.45, 7) is 0. The van der Waals surface area contributed by atoms with E-state index in [0.717, 1.165) is 0 Å². The van der Waals surface area contributed by atoms with Crippen molar-refractivity contribution in [3.8, 4) is 18.2 Å². The number of nitriles is 3. The van der Waals surface area contributed by atoms with Crippen molar-refractivity contribution in [2.75, 3.05) is 0 Å². The average molecular weight is 265 g/mol. The van der Waals surface area contributed by atoms with Gasteiger partial charge in [0.25, 0.3) is 5.69 Å². The molecular formula is C13H7N5O2. The number of hydrogen-bond donors (Lipinski definition) is 1. The Labute approximate surface area is 114 Å². The Hall–Kier alpha value is -3.63. The lowest BCUT2D eigenvalue weighted by atomic mass is 10.1. The van der Waals surface area contributed by atoms with Gasteiger partial charge in [-0.1, -0.05) is 12.1 Å². The molecular weight excluding hydrogens is 258 g/mol. The Kier molecular flexibility index (Phi) is 4.58. The van der Waals surface area contributed by atoms with Crippen LogP contribution in [0.4, 0.5) is 5.69 Å². The van der Waals surface area contributed by atoms with E-state index in [4.69, 9.17) is 21.5 Å². The third-order valence-corrected chi connectivity index (χ3v) is 2.30. The summed E-state index contributed by atoms with van der Waals surface area (Å²) in [7, 11) is 0. The first-order valence-corrected chi connectivity index (χ1v) is 5.20. The van der Waals surface area contributed by atoms with E-state index in [1.807, 2.05) is 0 Å². The van der Waals surface area contributed by atoms with Gasteiger partial charge in [0.1, 0.15) is 18.2 Å². The standard InChI is InChI=1S/C13H7N5O2/c14-6-10(13(17)11(7-15)8-16)4-9-2-1-3-12(5-9)18(19)20/h1-5H,17H2. The van der Waals surface area contributed by atoms with Gasteiger partial charge in [-0.3, -0.25) is 10.1 Å². The van der Waals surface area contributed by atoms with E-state index >= 15 is 0 Å². The van der Waals surface area contributed by atoms with Crippen LogP contribution in [0.3, 0.4) is 0 Å². The molecule has 0 aromatic heterocycles. The molecule has 0 bridgehead atoms. The van der Waals surface area contributed by atoms with Gasteiger partial charge < -0.3 is 5.73 Å². The molecule has 0 fully saturated rings. The number of rotatable bonds is 3. The predicted octanol–water partition coefficient (Wildman–Crippen LogP) is 1.76. The summed E-state index contributed by atoms with van der Waals surface area (Å²) in [5, 5.41) is 37.0. The number of benzene rings is 1. The molecule has 96 valence electrons. The monoisotopic (exact) mass is 265 g/mol. The zero-order chi connectivity index (χ0) is 15.1. The van der Waals surface area contributed by atoms with Crippen LogP contribution in [0.1, 0.15) is 5.56 Å². The minimum atomic E-state index is -0.571.